The van der Waals surface area contributed by atoms with Crippen molar-refractivity contribution in [1.29, 1.82) is 0 Å². The van der Waals surface area contributed by atoms with E-state index in [1.54, 1.807) is 12.3 Å². The average Bonchev–Trinajstić information content (AvgIpc) is 2.51. The quantitative estimate of drug-likeness (QED) is 0.124. The summed E-state index contributed by atoms with van der Waals surface area (Å²) in [6, 6.07) is 0. The van der Waals surface area contributed by atoms with Crippen molar-refractivity contribution in [3.8, 4) is 0 Å². The molecule has 0 atom stereocenters. The van der Waals surface area contributed by atoms with Crippen LogP contribution in [0, 0.1) is 0 Å². The van der Waals surface area contributed by atoms with E-state index in [9.17, 15) is 4.79 Å². The van der Waals surface area contributed by atoms with Crippen molar-refractivity contribution in [3.05, 3.63) is 23.8 Å². The topological polar surface area (TPSA) is 47.9 Å². The summed E-state index contributed by atoms with van der Waals surface area (Å²) in [5.74, 6) is -0.306. The van der Waals surface area contributed by atoms with Crippen molar-refractivity contribution in [2.75, 3.05) is 19.8 Å². The van der Waals surface area contributed by atoms with E-state index < -0.39 is 8.32 Å². The summed E-state index contributed by atoms with van der Waals surface area (Å²) >= 11 is 0. The number of hydrogen-bond acceptors (Lipinski definition) is 4. The average molecular weight is 368 g/mol. The molecule has 0 bridgehead atoms. The van der Waals surface area contributed by atoms with E-state index in [1.807, 2.05) is 19.1 Å². The van der Waals surface area contributed by atoms with Gasteiger partial charge in [-0.3, -0.25) is 4.99 Å². The Morgan fingerprint density at radius 3 is 2.44 bits per heavy atom. The van der Waals surface area contributed by atoms with E-state index >= 15 is 0 Å². The number of rotatable bonds is 11. The summed E-state index contributed by atoms with van der Waals surface area (Å²) in [7, 11) is -1.67. The molecule has 0 fully saturated rings. The third-order valence-electron chi connectivity index (χ3n) is 4.30. The van der Waals surface area contributed by atoms with Crippen LogP contribution in [0.1, 0.15) is 53.9 Å². The minimum absolute atomic E-state index is 0.237. The normalized spacial score (nSPS) is 13.8. The second-order valence-corrected chi connectivity index (χ2v) is 12.4. The van der Waals surface area contributed by atoms with E-state index in [-0.39, 0.29) is 11.0 Å². The van der Waals surface area contributed by atoms with Gasteiger partial charge in [-0.2, -0.15) is 0 Å². The van der Waals surface area contributed by atoms with Gasteiger partial charge in [-0.15, -0.1) is 0 Å². The molecule has 144 valence electrons. The Morgan fingerprint density at radius 2 is 1.88 bits per heavy atom. The molecule has 0 rings (SSSR count). The molecule has 0 spiro atoms. The van der Waals surface area contributed by atoms with Crippen LogP contribution in [0.5, 0.6) is 0 Å². The Hall–Kier alpha value is -1.20. The van der Waals surface area contributed by atoms with Crippen molar-refractivity contribution in [2.24, 2.45) is 4.99 Å². The zero-order chi connectivity index (χ0) is 19.3. The third kappa shape index (κ3) is 10.4. The van der Waals surface area contributed by atoms with Crippen molar-refractivity contribution in [3.63, 3.8) is 0 Å². The zero-order valence-corrected chi connectivity index (χ0v) is 18.2. The monoisotopic (exact) mass is 367 g/mol. The van der Waals surface area contributed by atoms with Gasteiger partial charge in [0.2, 0.25) is 0 Å². The Balaban J connectivity index is 4.49. The molecule has 0 saturated carbocycles. The number of carbonyl (C=O) groups is 1. The molecular weight excluding hydrogens is 330 g/mol. The molecule has 4 nitrogen and oxygen atoms in total. The summed E-state index contributed by atoms with van der Waals surface area (Å²) < 4.78 is 11.2. The van der Waals surface area contributed by atoms with Crippen molar-refractivity contribution < 1.29 is 14.0 Å². The van der Waals surface area contributed by atoms with Gasteiger partial charge < -0.3 is 9.16 Å². The number of ether oxygens (including phenoxy) is 1. The van der Waals surface area contributed by atoms with Gasteiger partial charge in [-0.05, 0) is 50.4 Å². The largest absolute Gasteiger partial charge is 0.462 e. The summed E-state index contributed by atoms with van der Waals surface area (Å²) in [4.78, 5) is 16.2. The standard InChI is InChI=1S/C20H37NO3Si/c1-8-15-21-16-14-18(19(22)23-9-2)13-11-10-12-17-24-25(6,7)20(3,4)5/h11,13-14,16H,8-10,12,15,17H2,1-7H3/b13-11+,18-14+,21-16?. The molecule has 25 heavy (non-hydrogen) atoms. The van der Waals surface area contributed by atoms with Crippen molar-refractivity contribution in [1.82, 2.24) is 0 Å². The number of aliphatic imine (C=N–C) groups is 1. The maximum atomic E-state index is 11.9. The lowest BCUT2D eigenvalue weighted by atomic mass is 10.2. The summed E-state index contributed by atoms with van der Waals surface area (Å²) in [5, 5.41) is 0.237. The van der Waals surface area contributed by atoms with Gasteiger partial charge in [0.05, 0.1) is 12.2 Å². The van der Waals surface area contributed by atoms with Crippen LogP contribution >= 0.6 is 0 Å². The fourth-order valence-electron chi connectivity index (χ4n) is 1.70. The lowest BCUT2D eigenvalue weighted by Gasteiger charge is -2.36. The molecule has 0 aromatic rings. The molecule has 0 aliphatic carbocycles. The van der Waals surface area contributed by atoms with Crippen LogP contribution in [0.4, 0.5) is 0 Å². The highest BCUT2D eigenvalue weighted by Crippen LogP contribution is 2.36. The van der Waals surface area contributed by atoms with Gasteiger partial charge in [-0.1, -0.05) is 39.8 Å². The van der Waals surface area contributed by atoms with Gasteiger partial charge >= 0.3 is 5.97 Å². The summed E-state index contributed by atoms with van der Waals surface area (Å²) in [5.41, 5.74) is 0.534. The van der Waals surface area contributed by atoms with Crippen molar-refractivity contribution >= 4 is 20.5 Å². The maximum absolute atomic E-state index is 11.9. The van der Waals surface area contributed by atoms with Crippen LogP contribution < -0.4 is 0 Å². The fourth-order valence-corrected chi connectivity index (χ4v) is 2.79. The first-order valence-electron chi connectivity index (χ1n) is 9.33. The van der Waals surface area contributed by atoms with Crippen LogP contribution in [0.2, 0.25) is 18.1 Å². The maximum Gasteiger partial charge on any atom is 0.338 e. The van der Waals surface area contributed by atoms with E-state index in [1.165, 1.54) is 0 Å². The first-order valence-corrected chi connectivity index (χ1v) is 12.2. The van der Waals surface area contributed by atoms with Crippen LogP contribution in [-0.4, -0.2) is 40.3 Å². The molecule has 0 radical (unpaired) electrons. The molecule has 0 amide bonds. The lowest BCUT2D eigenvalue weighted by molar-refractivity contribution is -0.138. The highest BCUT2D eigenvalue weighted by atomic mass is 28.4. The molecular formula is C20H37NO3Si. The molecule has 0 N–H and O–H groups in total. The highest BCUT2D eigenvalue weighted by molar-refractivity contribution is 6.74. The number of esters is 1. The molecule has 0 aliphatic heterocycles. The second kappa shape index (κ2) is 12.2. The number of allylic oxidation sites excluding steroid dienone is 2. The fraction of sp³-hybridized carbons (Fsp3) is 0.700. The Bertz CT molecular complexity index is 474. The zero-order valence-electron chi connectivity index (χ0n) is 17.2. The molecule has 0 aromatic carbocycles. The van der Waals surface area contributed by atoms with Gasteiger partial charge in [0, 0.05) is 19.4 Å². The number of unbranched alkanes of at least 4 members (excludes halogenated alkanes) is 1. The SMILES string of the molecule is CCCN=C/C=C(\C=C\CCCO[Si](C)(C)C(C)(C)C)C(=O)OCC. The first-order chi connectivity index (χ1) is 11.7. The van der Waals surface area contributed by atoms with Gasteiger partial charge in [0.25, 0.3) is 0 Å². The Labute approximate surface area is 155 Å². The predicted molar refractivity (Wildman–Crippen MR) is 110 cm³/mol. The van der Waals surface area contributed by atoms with Gasteiger partial charge in [0.15, 0.2) is 8.32 Å². The van der Waals surface area contributed by atoms with E-state index in [4.69, 9.17) is 9.16 Å². The summed E-state index contributed by atoms with van der Waals surface area (Å²) in [6.45, 7) is 17.0. The minimum Gasteiger partial charge on any atom is -0.462 e. The molecule has 5 heteroatoms. The molecule has 0 heterocycles. The van der Waals surface area contributed by atoms with E-state index in [2.05, 4.69) is 45.8 Å². The van der Waals surface area contributed by atoms with E-state index in [0.717, 1.165) is 32.4 Å². The van der Waals surface area contributed by atoms with Gasteiger partial charge in [0.1, 0.15) is 0 Å². The number of carbonyl (C=O) groups excluding carboxylic acids is 1. The van der Waals surface area contributed by atoms with E-state index in [0.29, 0.717) is 12.2 Å². The predicted octanol–water partition coefficient (Wildman–Crippen LogP) is 5.31. The van der Waals surface area contributed by atoms with Gasteiger partial charge in [-0.25, -0.2) is 4.79 Å². The lowest BCUT2D eigenvalue weighted by Crippen LogP contribution is -2.40. The second-order valence-electron chi connectivity index (χ2n) is 7.55. The molecule has 0 aromatic heterocycles. The third-order valence-corrected chi connectivity index (χ3v) is 8.84. The summed E-state index contributed by atoms with van der Waals surface area (Å²) in [6.07, 6.45) is 10.0. The molecule has 0 aliphatic rings. The first kappa shape index (κ1) is 23.8. The van der Waals surface area contributed by atoms with Crippen molar-refractivity contribution in [2.45, 2.75) is 72.0 Å². The molecule has 0 saturated heterocycles. The molecule has 0 unspecified atom stereocenters. The highest BCUT2D eigenvalue weighted by Gasteiger charge is 2.36. The Kier molecular flexibility index (Phi) is 11.6. The van der Waals surface area contributed by atoms with Crippen LogP contribution in [0.25, 0.3) is 0 Å². The van der Waals surface area contributed by atoms with Crippen LogP contribution in [0.15, 0.2) is 28.8 Å². The van der Waals surface area contributed by atoms with Crippen LogP contribution in [0.3, 0.4) is 0 Å². The number of nitrogens with zero attached hydrogens (tertiary/aromatic N) is 1. The van der Waals surface area contributed by atoms with Crippen LogP contribution in [-0.2, 0) is 14.0 Å². The smallest absolute Gasteiger partial charge is 0.338 e. The number of hydrogen-bond donors (Lipinski definition) is 0. The minimum atomic E-state index is -1.67. The Morgan fingerprint density at radius 1 is 1.20 bits per heavy atom.